The topological polar surface area (TPSA) is 122 Å². The molecule has 0 unspecified atom stereocenters. The van der Waals surface area contributed by atoms with Gasteiger partial charge < -0.3 is 16.2 Å². The summed E-state index contributed by atoms with van der Waals surface area (Å²) in [5.74, 6) is -2.43. The summed E-state index contributed by atoms with van der Waals surface area (Å²) in [6, 6.07) is 6.03. The van der Waals surface area contributed by atoms with E-state index in [0.29, 0.717) is 0 Å². The van der Waals surface area contributed by atoms with E-state index in [2.05, 4.69) is 10.3 Å². The third-order valence-electron chi connectivity index (χ3n) is 4.40. The van der Waals surface area contributed by atoms with E-state index in [1.165, 1.54) is 32.0 Å². The van der Waals surface area contributed by atoms with Gasteiger partial charge in [-0.05, 0) is 49.7 Å². The second-order valence-electron chi connectivity index (χ2n) is 7.37. The highest BCUT2D eigenvalue weighted by molar-refractivity contribution is 7.90. The molecule has 31 heavy (non-hydrogen) atoms. The molecule has 2 heterocycles. The van der Waals surface area contributed by atoms with Crippen LogP contribution in [0.2, 0.25) is 0 Å². The third kappa shape index (κ3) is 4.89. The molecule has 1 amide bonds. The maximum absolute atomic E-state index is 14.7. The van der Waals surface area contributed by atoms with E-state index in [0.717, 1.165) is 35.9 Å². The molecule has 0 aliphatic carbocycles. The van der Waals surface area contributed by atoms with Crippen LogP contribution in [0.25, 0.3) is 10.4 Å². The number of carbonyl (C=O) groups excluding carboxylic acids is 1. The number of amides is 1. The van der Waals surface area contributed by atoms with Crippen LogP contribution >= 0.6 is 11.3 Å². The van der Waals surface area contributed by atoms with Crippen molar-refractivity contribution in [3.05, 3.63) is 59.3 Å². The van der Waals surface area contributed by atoms with Crippen LogP contribution in [0.15, 0.2) is 41.4 Å². The molecule has 0 atom stereocenters. The number of pyridine rings is 1. The molecule has 0 radical (unpaired) electrons. The van der Waals surface area contributed by atoms with E-state index in [4.69, 9.17) is 5.73 Å². The highest BCUT2D eigenvalue weighted by Crippen LogP contribution is 2.40. The summed E-state index contributed by atoms with van der Waals surface area (Å²) in [6.45, 7) is 2.81. The maximum Gasteiger partial charge on any atom is 0.251 e. The molecule has 2 aromatic heterocycles. The molecule has 0 saturated heterocycles. The average Bonchev–Trinajstić information content (AvgIpc) is 3.03. The van der Waals surface area contributed by atoms with E-state index in [9.17, 15) is 27.1 Å². The molecule has 4 N–H and O–H groups in total. The monoisotopic (exact) mass is 467 g/mol. The lowest BCUT2D eigenvalue weighted by atomic mass is 9.96. The van der Waals surface area contributed by atoms with Crippen molar-refractivity contribution in [2.75, 3.05) is 11.6 Å². The minimum Gasteiger partial charge on any atom is -0.386 e. The first-order valence-electron chi connectivity index (χ1n) is 8.86. The molecular weight excluding hydrogens is 448 g/mol. The van der Waals surface area contributed by atoms with E-state index in [-0.39, 0.29) is 37.3 Å². The first-order chi connectivity index (χ1) is 14.3. The maximum atomic E-state index is 14.7. The summed E-state index contributed by atoms with van der Waals surface area (Å²) in [4.78, 5) is 16.0. The van der Waals surface area contributed by atoms with E-state index < -0.39 is 33.0 Å². The smallest absolute Gasteiger partial charge is 0.251 e. The molecule has 164 valence electrons. The number of nitrogens with two attached hydrogens (primary N) is 1. The molecule has 0 fully saturated rings. The van der Waals surface area contributed by atoms with Crippen LogP contribution in [0.1, 0.15) is 29.8 Å². The number of hydrogen-bond acceptors (Lipinski definition) is 7. The van der Waals surface area contributed by atoms with Gasteiger partial charge in [-0.25, -0.2) is 22.2 Å². The number of nitrogens with one attached hydrogen (secondary N) is 1. The number of thiophene rings is 1. The van der Waals surface area contributed by atoms with Crippen molar-refractivity contribution in [2.24, 2.45) is 5.73 Å². The summed E-state index contributed by atoms with van der Waals surface area (Å²) in [6.07, 6.45) is 2.19. The number of hydrogen-bond donors (Lipinski definition) is 3. The highest BCUT2D eigenvalue weighted by atomic mass is 32.2. The number of benzene rings is 1. The number of sulfone groups is 1. The van der Waals surface area contributed by atoms with Crippen LogP contribution in [0.5, 0.6) is 0 Å². The van der Waals surface area contributed by atoms with Gasteiger partial charge in [-0.3, -0.25) is 4.79 Å². The van der Waals surface area contributed by atoms with Crippen molar-refractivity contribution in [3.63, 3.8) is 0 Å². The Balaban J connectivity index is 2.03. The number of primary amides is 1. The number of carbonyl (C=O) groups is 1. The minimum absolute atomic E-state index is 0.0103. The SMILES string of the molecule is CC(C)(O)c1cc(F)c(-c2cc(C(N)=O)c(Nc3ccc(S(C)(=O)=O)cn3)s2)c(F)c1. The Morgan fingerprint density at radius 3 is 2.26 bits per heavy atom. The predicted octanol–water partition coefficient (Wildman–Crippen LogP) is 3.56. The van der Waals surface area contributed by atoms with Gasteiger partial charge in [0.2, 0.25) is 0 Å². The summed E-state index contributed by atoms with van der Waals surface area (Å²) < 4.78 is 52.5. The molecule has 7 nitrogen and oxygen atoms in total. The normalized spacial score (nSPS) is 12.1. The number of aliphatic hydroxyl groups is 1. The molecule has 11 heteroatoms. The van der Waals surface area contributed by atoms with Gasteiger partial charge >= 0.3 is 0 Å². The number of nitrogens with zero attached hydrogens (tertiary/aromatic N) is 1. The summed E-state index contributed by atoms with van der Waals surface area (Å²) in [7, 11) is -3.43. The zero-order valence-corrected chi connectivity index (χ0v) is 18.4. The van der Waals surface area contributed by atoms with E-state index >= 15 is 0 Å². The van der Waals surface area contributed by atoms with Gasteiger partial charge in [0.25, 0.3) is 5.91 Å². The van der Waals surface area contributed by atoms with Crippen LogP contribution in [0.4, 0.5) is 19.6 Å². The molecule has 0 spiro atoms. The molecule has 0 aliphatic rings. The Labute approximate surface area is 181 Å². The number of anilines is 2. The summed E-state index contributed by atoms with van der Waals surface area (Å²) in [5.41, 5.74) is 3.65. The molecule has 3 rings (SSSR count). The van der Waals surface area contributed by atoms with Crippen LogP contribution in [0, 0.1) is 11.6 Å². The van der Waals surface area contributed by atoms with Gasteiger partial charge in [0.15, 0.2) is 9.84 Å². The van der Waals surface area contributed by atoms with Gasteiger partial charge in [-0.2, -0.15) is 0 Å². The van der Waals surface area contributed by atoms with Gasteiger partial charge in [0.1, 0.15) is 22.5 Å². The lowest BCUT2D eigenvalue weighted by Gasteiger charge is -2.18. The van der Waals surface area contributed by atoms with Crippen molar-refractivity contribution in [1.29, 1.82) is 0 Å². The van der Waals surface area contributed by atoms with Crippen LogP contribution in [-0.2, 0) is 15.4 Å². The lowest BCUT2D eigenvalue weighted by molar-refractivity contribution is 0.0778. The highest BCUT2D eigenvalue weighted by Gasteiger charge is 2.24. The standard InChI is InChI=1S/C20H19F2N3O4S2/c1-20(2,27)10-6-13(21)17(14(22)7-10)15-8-12(18(23)26)19(30-15)25-16-5-4-11(9-24-16)31(3,28)29/h4-9,27H,1-3H3,(H2,23,26)(H,24,25). The van der Waals surface area contributed by atoms with Crippen molar-refractivity contribution in [3.8, 4) is 10.4 Å². The van der Waals surface area contributed by atoms with Crippen LogP contribution < -0.4 is 11.1 Å². The molecule has 3 aromatic rings. The van der Waals surface area contributed by atoms with E-state index in [1.54, 1.807) is 0 Å². The Kier molecular flexibility index (Phi) is 5.87. The zero-order valence-electron chi connectivity index (χ0n) is 16.7. The Bertz CT molecular complexity index is 1240. The fraction of sp³-hybridized carbons (Fsp3) is 0.200. The quantitative estimate of drug-likeness (QED) is 0.510. The second kappa shape index (κ2) is 7.98. The average molecular weight is 468 g/mol. The molecule has 1 aromatic carbocycles. The molecular formula is C20H19F2N3O4S2. The fourth-order valence-electron chi connectivity index (χ4n) is 2.74. The van der Waals surface area contributed by atoms with Crippen molar-refractivity contribution in [1.82, 2.24) is 4.98 Å². The minimum atomic E-state index is -3.43. The van der Waals surface area contributed by atoms with Crippen molar-refractivity contribution < 1.29 is 27.1 Å². The van der Waals surface area contributed by atoms with Crippen molar-refractivity contribution in [2.45, 2.75) is 24.3 Å². The van der Waals surface area contributed by atoms with Gasteiger partial charge in [-0.1, -0.05) is 0 Å². The first-order valence-corrected chi connectivity index (χ1v) is 11.6. The van der Waals surface area contributed by atoms with Gasteiger partial charge in [-0.15, -0.1) is 11.3 Å². The summed E-state index contributed by atoms with van der Waals surface area (Å²) in [5, 5.41) is 13.0. The second-order valence-corrected chi connectivity index (χ2v) is 10.4. The summed E-state index contributed by atoms with van der Waals surface area (Å²) >= 11 is 0.875. The van der Waals surface area contributed by atoms with E-state index in [1.807, 2.05) is 0 Å². The van der Waals surface area contributed by atoms with Crippen LogP contribution in [-0.4, -0.2) is 30.7 Å². The first kappa shape index (κ1) is 22.8. The number of rotatable bonds is 6. The number of halogens is 2. The predicted molar refractivity (Wildman–Crippen MR) is 114 cm³/mol. The largest absolute Gasteiger partial charge is 0.386 e. The Morgan fingerprint density at radius 1 is 1.19 bits per heavy atom. The molecule has 0 aliphatic heterocycles. The fourth-order valence-corrected chi connectivity index (χ4v) is 4.42. The number of aromatic nitrogens is 1. The molecule has 0 saturated carbocycles. The van der Waals surface area contributed by atoms with Gasteiger partial charge in [0, 0.05) is 17.3 Å². The van der Waals surface area contributed by atoms with Crippen molar-refractivity contribution >= 4 is 37.9 Å². The Morgan fingerprint density at radius 2 is 1.81 bits per heavy atom. The molecule has 0 bridgehead atoms. The van der Waals surface area contributed by atoms with Gasteiger partial charge in [0.05, 0.1) is 21.6 Å². The zero-order chi connectivity index (χ0) is 23.1. The van der Waals surface area contributed by atoms with Crippen LogP contribution in [0.3, 0.4) is 0 Å². The Hall–Kier alpha value is -2.89. The third-order valence-corrected chi connectivity index (χ3v) is 6.56. The lowest BCUT2D eigenvalue weighted by Crippen LogP contribution is -2.16.